The molecule has 1 aromatic carbocycles. The largest absolute Gasteiger partial charge is 0.594 e. The fourth-order valence-electron chi connectivity index (χ4n) is 6.41. The third-order valence-corrected chi connectivity index (χ3v) is 9.20. The van der Waals surface area contributed by atoms with E-state index < -0.39 is 32.3 Å². The monoisotopic (exact) mass is 553 g/mol. The van der Waals surface area contributed by atoms with Crippen molar-refractivity contribution in [2.24, 2.45) is 5.41 Å². The lowest BCUT2D eigenvalue weighted by molar-refractivity contribution is -0.679. The molecule has 13 heteroatoms. The molecule has 0 saturated heterocycles. The van der Waals surface area contributed by atoms with E-state index in [2.05, 4.69) is 34.0 Å². The highest BCUT2D eigenvalue weighted by Gasteiger charge is 2.69. The van der Waals surface area contributed by atoms with Gasteiger partial charge in [0.2, 0.25) is 5.69 Å². The number of sulfone groups is 1. The number of rotatable bonds is 6. The smallest absolute Gasteiger partial charge is 0.252 e. The number of aryl methyl sites for hydroxylation is 1. The lowest BCUT2D eigenvalue weighted by Crippen LogP contribution is -2.48. The van der Waals surface area contributed by atoms with Crippen LogP contribution in [0.25, 0.3) is 17.2 Å². The molecule has 0 spiro atoms. The first-order valence-electron chi connectivity index (χ1n) is 12.4. The summed E-state index contributed by atoms with van der Waals surface area (Å²) in [7, 11) is -3.17. The Kier molecular flexibility index (Phi) is 5.58. The van der Waals surface area contributed by atoms with Gasteiger partial charge in [-0.1, -0.05) is 24.8 Å². The molecule has 0 unspecified atom stereocenters. The lowest BCUT2D eigenvalue weighted by Gasteiger charge is -2.35. The molecule has 10 nitrogen and oxygen atoms in total. The highest BCUT2D eigenvalue weighted by molar-refractivity contribution is 7.90. The van der Waals surface area contributed by atoms with Gasteiger partial charge < -0.3 is 5.21 Å². The fourth-order valence-corrected chi connectivity index (χ4v) is 6.97. The average molecular weight is 554 g/mol. The predicted octanol–water partition coefficient (Wildman–Crippen LogP) is 2.82. The number of benzene rings is 1. The first-order valence-corrected chi connectivity index (χ1v) is 14.5. The van der Waals surface area contributed by atoms with Crippen molar-refractivity contribution in [2.75, 3.05) is 12.0 Å². The molecule has 39 heavy (non-hydrogen) atoms. The number of halogens is 2. The van der Waals surface area contributed by atoms with Gasteiger partial charge in [-0.05, 0) is 48.4 Å². The van der Waals surface area contributed by atoms with Gasteiger partial charge in [-0.15, -0.1) is 5.10 Å². The maximum absolute atomic E-state index is 14.6. The van der Waals surface area contributed by atoms with E-state index in [1.165, 1.54) is 17.1 Å². The van der Waals surface area contributed by atoms with Crippen molar-refractivity contribution in [3.05, 3.63) is 82.5 Å². The van der Waals surface area contributed by atoms with Crippen molar-refractivity contribution in [1.29, 1.82) is 0 Å². The summed E-state index contributed by atoms with van der Waals surface area (Å²) in [6.07, 6.45) is 5.69. The molecule has 2 atom stereocenters. The van der Waals surface area contributed by atoms with Gasteiger partial charge in [-0.25, -0.2) is 32.2 Å². The van der Waals surface area contributed by atoms with E-state index in [9.17, 15) is 22.4 Å². The second-order valence-corrected chi connectivity index (χ2v) is 13.0. The predicted molar refractivity (Wildman–Crippen MR) is 135 cm³/mol. The summed E-state index contributed by atoms with van der Waals surface area (Å²) in [4.78, 5) is 13.8. The van der Waals surface area contributed by atoms with Crippen LogP contribution in [0.15, 0.2) is 42.9 Å². The van der Waals surface area contributed by atoms with Crippen molar-refractivity contribution in [2.45, 2.75) is 44.4 Å². The highest BCUT2D eigenvalue weighted by Crippen LogP contribution is 2.69. The van der Waals surface area contributed by atoms with Gasteiger partial charge in [0, 0.05) is 29.5 Å². The zero-order chi connectivity index (χ0) is 27.7. The first-order chi connectivity index (χ1) is 18.4. The number of hydrogen-bond acceptors (Lipinski definition) is 8. The molecule has 2 aliphatic rings. The number of fused-ring (bicyclic) bond motifs is 5. The van der Waals surface area contributed by atoms with Crippen LogP contribution >= 0.6 is 0 Å². The van der Waals surface area contributed by atoms with Crippen LogP contribution in [0.3, 0.4) is 0 Å². The van der Waals surface area contributed by atoms with Crippen molar-refractivity contribution in [3.8, 4) is 17.2 Å². The molecule has 0 aliphatic heterocycles. The second kappa shape index (κ2) is 8.57. The van der Waals surface area contributed by atoms with Crippen LogP contribution in [-0.4, -0.2) is 50.3 Å². The molecule has 202 valence electrons. The van der Waals surface area contributed by atoms with E-state index in [-0.39, 0.29) is 35.3 Å². The van der Waals surface area contributed by atoms with Crippen molar-refractivity contribution >= 4 is 9.84 Å². The maximum Gasteiger partial charge on any atom is 0.252 e. The van der Waals surface area contributed by atoms with E-state index in [0.717, 1.165) is 24.8 Å². The third-order valence-electron chi connectivity index (χ3n) is 8.25. The molecule has 6 rings (SSSR count). The van der Waals surface area contributed by atoms with Gasteiger partial charge in [0.25, 0.3) is 5.95 Å². The zero-order valence-corrected chi connectivity index (χ0v) is 22.3. The molecule has 2 aliphatic carbocycles. The number of nitrogens with zero attached hydrogens (tertiary/aromatic N) is 7. The SMILES string of the molecule is CC1(C)[C@H]2CC[C@]1(c1ccnc(-n3cnc(CCS(C)(=O)=O)n3)n1)c1c2cc(-c2c(F)cccc2F)n[n+]1[O-]. The average Bonchev–Trinajstić information content (AvgIpc) is 3.50. The quantitative estimate of drug-likeness (QED) is 0.263. The molecule has 3 heterocycles. The zero-order valence-electron chi connectivity index (χ0n) is 21.5. The van der Waals surface area contributed by atoms with Gasteiger partial charge in [-0.2, -0.15) is 4.68 Å². The van der Waals surface area contributed by atoms with Crippen LogP contribution in [0.1, 0.15) is 55.4 Å². The summed E-state index contributed by atoms with van der Waals surface area (Å²) in [5.41, 5.74) is 0.0462. The summed E-state index contributed by atoms with van der Waals surface area (Å²) < 4.78 is 53.5. The topological polar surface area (TPSA) is 130 Å². The number of hydrogen-bond donors (Lipinski definition) is 0. The minimum Gasteiger partial charge on any atom is -0.594 e. The summed E-state index contributed by atoms with van der Waals surface area (Å²) in [5.74, 6) is -1.15. The maximum atomic E-state index is 14.6. The lowest BCUT2D eigenvalue weighted by atomic mass is 9.66. The van der Waals surface area contributed by atoms with Crippen LogP contribution in [-0.2, 0) is 21.7 Å². The van der Waals surface area contributed by atoms with Gasteiger partial charge in [0.1, 0.15) is 38.9 Å². The molecule has 0 amide bonds. The van der Waals surface area contributed by atoms with Crippen LogP contribution in [0.4, 0.5) is 8.78 Å². The van der Waals surface area contributed by atoms with Gasteiger partial charge in [0.15, 0.2) is 5.82 Å². The Balaban J connectivity index is 1.45. The summed E-state index contributed by atoms with van der Waals surface area (Å²) in [6, 6.07) is 6.93. The molecule has 1 fully saturated rings. The van der Waals surface area contributed by atoms with Gasteiger partial charge >= 0.3 is 0 Å². The van der Waals surface area contributed by atoms with E-state index in [4.69, 9.17) is 4.98 Å². The van der Waals surface area contributed by atoms with E-state index in [0.29, 0.717) is 34.0 Å². The van der Waals surface area contributed by atoms with Crippen molar-refractivity contribution < 1.29 is 22.0 Å². The van der Waals surface area contributed by atoms with Gasteiger partial charge in [0.05, 0.1) is 17.0 Å². The molecular formula is C26H25F2N7O3S. The standard InChI is InChI=1S/C26H25F2N7O3S/c1-25(2)16-7-10-26(25,23-15(16)13-19(32-35(23)36)22-17(27)5-4-6-18(22)28)20-8-11-29-24(31-20)34-14-30-21(33-34)9-12-39(3,37)38/h4-6,8,11,13-14,16H,7,9-10,12H2,1-3H3/t16-,26-/m0/s1. The third kappa shape index (κ3) is 3.81. The molecule has 0 N–H and O–H groups in total. The van der Waals surface area contributed by atoms with Crippen LogP contribution < -0.4 is 4.85 Å². The second-order valence-electron chi connectivity index (χ2n) is 10.7. The molecule has 2 bridgehead atoms. The summed E-state index contributed by atoms with van der Waals surface area (Å²) in [5, 5.41) is 21.9. The van der Waals surface area contributed by atoms with Crippen molar-refractivity contribution in [3.63, 3.8) is 0 Å². The van der Waals surface area contributed by atoms with Crippen molar-refractivity contribution in [1.82, 2.24) is 29.8 Å². The normalized spacial score (nSPS) is 21.3. The Bertz CT molecular complexity index is 1720. The minimum absolute atomic E-state index is 0.0505. The van der Waals surface area contributed by atoms with Crippen LogP contribution in [0.5, 0.6) is 0 Å². The molecule has 0 radical (unpaired) electrons. The molecular weight excluding hydrogens is 528 g/mol. The van der Waals surface area contributed by atoms with E-state index in [1.807, 2.05) is 0 Å². The van der Waals surface area contributed by atoms with Gasteiger partial charge in [-0.3, -0.25) is 0 Å². The summed E-state index contributed by atoms with van der Waals surface area (Å²) >= 11 is 0. The Hall–Kier alpha value is -3.87. The van der Waals surface area contributed by atoms with E-state index >= 15 is 0 Å². The Morgan fingerprint density at radius 2 is 1.92 bits per heavy atom. The fraction of sp³-hybridized carbons (Fsp3) is 0.385. The Morgan fingerprint density at radius 1 is 1.18 bits per heavy atom. The minimum atomic E-state index is -3.17. The Labute approximate surface area is 223 Å². The Morgan fingerprint density at radius 3 is 2.64 bits per heavy atom. The van der Waals surface area contributed by atoms with Crippen LogP contribution in [0.2, 0.25) is 0 Å². The molecule has 4 aromatic rings. The molecule has 3 aromatic heterocycles. The van der Waals surface area contributed by atoms with Crippen LogP contribution in [0, 0.1) is 22.3 Å². The first kappa shape index (κ1) is 25.4. The molecule has 1 saturated carbocycles. The van der Waals surface area contributed by atoms with E-state index in [1.54, 1.807) is 18.3 Å². The summed E-state index contributed by atoms with van der Waals surface area (Å²) in [6.45, 7) is 4.13. The number of aromatic nitrogens is 7. The highest BCUT2D eigenvalue weighted by atomic mass is 32.2.